The molecule has 0 aromatic heterocycles. The molecule has 0 radical (unpaired) electrons. The molecule has 0 aromatic rings. The first-order valence-electron chi connectivity index (χ1n) is 8.26. The molecule has 1 unspecified atom stereocenters. The van der Waals surface area contributed by atoms with Crippen LogP contribution < -0.4 is 10.6 Å². The highest BCUT2D eigenvalue weighted by atomic mass is 16.6. The van der Waals surface area contributed by atoms with E-state index in [9.17, 15) is 9.59 Å². The van der Waals surface area contributed by atoms with Crippen LogP contribution in [0.15, 0.2) is 0 Å². The van der Waals surface area contributed by atoms with Crippen molar-refractivity contribution in [3.05, 3.63) is 0 Å². The molecule has 0 saturated carbocycles. The monoisotopic (exact) mass is 313 g/mol. The van der Waals surface area contributed by atoms with Crippen molar-refractivity contribution in [2.75, 3.05) is 26.2 Å². The molecule has 6 heteroatoms. The lowest BCUT2D eigenvalue weighted by molar-refractivity contribution is -0.132. The highest BCUT2D eigenvalue weighted by molar-refractivity contribution is 5.76. The Morgan fingerprint density at radius 1 is 1.18 bits per heavy atom. The van der Waals surface area contributed by atoms with E-state index in [2.05, 4.69) is 10.6 Å². The third-order valence-corrected chi connectivity index (χ3v) is 3.49. The Morgan fingerprint density at radius 2 is 1.82 bits per heavy atom. The Bertz CT molecular complexity index is 360. The number of nitrogens with zero attached hydrogens (tertiary/aromatic N) is 1. The standard InChI is InChI=1S/C16H31N3O3/c1-13(12-18-15(21)22-16(2,3)4)17-9-8-14(20)19-10-6-5-7-11-19/h13,17H,5-12H2,1-4H3,(H,18,21). The first-order valence-corrected chi connectivity index (χ1v) is 8.26. The Balaban J connectivity index is 2.11. The first-order chi connectivity index (χ1) is 10.3. The Hall–Kier alpha value is -1.30. The van der Waals surface area contributed by atoms with Gasteiger partial charge in [-0.25, -0.2) is 4.79 Å². The van der Waals surface area contributed by atoms with Crippen LogP contribution in [0, 0.1) is 0 Å². The molecule has 128 valence electrons. The summed E-state index contributed by atoms with van der Waals surface area (Å²) in [4.78, 5) is 25.5. The predicted octanol–water partition coefficient (Wildman–Crippen LogP) is 1.89. The number of hydrogen-bond donors (Lipinski definition) is 2. The van der Waals surface area contributed by atoms with E-state index < -0.39 is 11.7 Å². The van der Waals surface area contributed by atoms with Crippen LogP contribution >= 0.6 is 0 Å². The molecule has 0 aliphatic carbocycles. The third kappa shape index (κ3) is 8.22. The van der Waals surface area contributed by atoms with Crippen molar-refractivity contribution in [2.24, 2.45) is 0 Å². The zero-order valence-electron chi connectivity index (χ0n) is 14.4. The molecular formula is C16H31N3O3. The molecule has 1 aliphatic heterocycles. The molecule has 1 atom stereocenters. The van der Waals surface area contributed by atoms with Gasteiger partial charge in [0.2, 0.25) is 5.91 Å². The van der Waals surface area contributed by atoms with Crippen molar-refractivity contribution < 1.29 is 14.3 Å². The number of nitrogens with one attached hydrogen (secondary N) is 2. The van der Waals surface area contributed by atoms with E-state index in [4.69, 9.17) is 4.74 Å². The zero-order chi connectivity index (χ0) is 16.6. The average molecular weight is 313 g/mol. The van der Waals surface area contributed by atoms with Gasteiger partial charge in [0.05, 0.1) is 0 Å². The molecule has 1 heterocycles. The molecule has 2 amide bonds. The highest BCUT2D eigenvalue weighted by Crippen LogP contribution is 2.09. The summed E-state index contributed by atoms with van der Waals surface area (Å²) >= 11 is 0. The number of hydrogen-bond acceptors (Lipinski definition) is 4. The molecule has 0 bridgehead atoms. The van der Waals surface area contributed by atoms with Crippen LogP contribution in [0.4, 0.5) is 4.79 Å². The van der Waals surface area contributed by atoms with Crippen molar-refractivity contribution >= 4 is 12.0 Å². The van der Waals surface area contributed by atoms with Gasteiger partial charge in [0.25, 0.3) is 0 Å². The van der Waals surface area contributed by atoms with Gasteiger partial charge in [-0.15, -0.1) is 0 Å². The van der Waals surface area contributed by atoms with E-state index in [0.717, 1.165) is 25.9 Å². The Labute approximate surface area is 134 Å². The predicted molar refractivity (Wildman–Crippen MR) is 86.7 cm³/mol. The Kier molecular flexibility index (Phi) is 7.65. The molecule has 6 nitrogen and oxygen atoms in total. The largest absolute Gasteiger partial charge is 0.444 e. The van der Waals surface area contributed by atoms with Crippen LogP contribution in [0.25, 0.3) is 0 Å². The smallest absolute Gasteiger partial charge is 0.407 e. The van der Waals surface area contributed by atoms with Crippen LogP contribution in [0.5, 0.6) is 0 Å². The third-order valence-electron chi connectivity index (χ3n) is 3.49. The molecule has 0 spiro atoms. The fourth-order valence-electron chi connectivity index (χ4n) is 2.35. The zero-order valence-corrected chi connectivity index (χ0v) is 14.4. The second-order valence-electron chi connectivity index (χ2n) is 6.93. The number of alkyl carbamates (subject to hydrolysis) is 1. The van der Waals surface area contributed by atoms with E-state index in [0.29, 0.717) is 19.5 Å². The van der Waals surface area contributed by atoms with Crippen molar-refractivity contribution in [2.45, 2.75) is 65.0 Å². The molecule has 1 rings (SSSR count). The summed E-state index contributed by atoms with van der Waals surface area (Å²) in [5.41, 5.74) is -0.485. The number of carbonyl (C=O) groups is 2. The number of ether oxygens (including phenoxy) is 1. The molecule has 22 heavy (non-hydrogen) atoms. The minimum atomic E-state index is -0.485. The van der Waals surface area contributed by atoms with Gasteiger partial charge in [-0.2, -0.15) is 0 Å². The maximum absolute atomic E-state index is 12.0. The fraction of sp³-hybridized carbons (Fsp3) is 0.875. The van der Waals surface area contributed by atoms with E-state index >= 15 is 0 Å². The lowest BCUT2D eigenvalue weighted by Crippen LogP contribution is -2.43. The maximum atomic E-state index is 12.0. The molecule has 1 fully saturated rings. The Morgan fingerprint density at radius 3 is 2.41 bits per heavy atom. The quantitative estimate of drug-likeness (QED) is 0.785. The number of rotatable bonds is 6. The highest BCUT2D eigenvalue weighted by Gasteiger charge is 2.17. The van der Waals surface area contributed by atoms with Crippen LogP contribution in [0.1, 0.15) is 53.4 Å². The molecular weight excluding hydrogens is 282 g/mol. The number of amides is 2. The second kappa shape index (κ2) is 8.98. The average Bonchev–Trinajstić information content (AvgIpc) is 2.44. The van der Waals surface area contributed by atoms with Gasteiger partial charge >= 0.3 is 6.09 Å². The van der Waals surface area contributed by atoms with Crippen LogP contribution in [-0.4, -0.2) is 54.7 Å². The van der Waals surface area contributed by atoms with Crippen LogP contribution in [0.2, 0.25) is 0 Å². The van der Waals surface area contributed by atoms with Gasteiger partial charge in [-0.3, -0.25) is 4.79 Å². The van der Waals surface area contributed by atoms with Crippen molar-refractivity contribution in [3.8, 4) is 0 Å². The fourth-order valence-corrected chi connectivity index (χ4v) is 2.35. The summed E-state index contributed by atoms with van der Waals surface area (Å²) in [5.74, 6) is 0.222. The maximum Gasteiger partial charge on any atom is 0.407 e. The summed E-state index contributed by atoms with van der Waals surface area (Å²) in [7, 11) is 0. The first kappa shape index (κ1) is 18.7. The normalized spacial score (nSPS) is 17.0. The summed E-state index contributed by atoms with van der Waals surface area (Å²) in [6, 6.07) is 0.0988. The topological polar surface area (TPSA) is 70.7 Å². The van der Waals surface area contributed by atoms with E-state index in [1.165, 1.54) is 6.42 Å². The second-order valence-corrected chi connectivity index (χ2v) is 6.93. The van der Waals surface area contributed by atoms with Crippen molar-refractivity contribution in [1.29, 1.82) is 0 Å². The SMILES string of the molecule is CC(CNC(=O)OC(C)(C)C)NCCC(=O)N1CCCCC1. The van der Waals surface area contributed by atoms with Gasteiger partial charge in [-0.1, -0.05) is 0 Å². The van der Waals surface area contributed by atoms with Gasteiger partial charge in [0, 0.05) is 38.6 Å². The van der Waals surface area contributed by atoms with Crippen molar-refractivity contribution in [3.63, 3.8) is 0 Å². The summed E-state index contributed by atoms with van der Waals surface area (Å²) in [6.07, 6.45) is 3.57. The summed E-state index contributed by atoms with van der Waals surface area (Å²) in [6.45, 7) is 10.4. The van der Waals surface area contributed by atoms with Crippen LogP contribution in [-0.2, 0) is 9.53 Å². The molecule has 1 aliphatic rings. The van der Waals surface area contributed by atoms with Gasteiger partial charge in [0.1, 0.15) is 5.60 Å². The lowest BCUT2D eigenvalue weighted by atomic mass is 10.1. The van der Waals surface area contributed by atoms with E-state index in [-0.39, 0.29) is 11.9 Å². The molecule has 1 saturated heterocycles. The van der Waals surface area contributed by atoms with E-state index in [1.807, 2.05) is 32.6 Å². The van der Waals surface area contributed by atoms with Gasteiger partial charge in [0.15, 0.2) is 0 Å². The van der Waals surface area contributed by atoms with E-state index in [1.54, 1.807) is 0 Å². The number of piperidine rings is 1. The van der Waals surface area contributed by atoms with Gasteiger partial charge < -0.3 is 20.3 Å². The summed E-state index contributed by atoms with van der Waals surface area (Å²) in [5, 5.41) is 5.97. The lowest BCUT2D eigenvalue weighted by Gasteiger charge is -2.27. The minimum absolute atomic E-state index is 0.0988. The van der Waals surface area contributed by atoms with Gasteiger partial charge in [-0.05, 0) is 47.0 Å². The molecule has 2 N–H and O–H groups in total. The van der Waals surface area contributed by atoms with Crippen molar-refractivity contribution in [1.82, 2.24) is 15.5 Å². The number of carbonyl (C=O) groups excluding carboxylic acids is 2. The minimum Gasteiger partial charge on any atom is -0.444 e. The van der Waals surface area contributed by atoms with Crippen LogP contribution in [0.3, 0.4) is 0 Å². The molecule has 0 aromatic carbocycles. The summed E-state index contributed by atoms with van der Waals surface area (Å²) < 4.78 is 5.17. The number of likely N-dealkylation sites (tertiary alicyclic amines) is 1.